The zero-order chi connectivity index (χ0) is 13.0. The van der Waals surface area contributed by atoms with E-state index < -0.39 is 4.92 Å². The van der Waals surface area contributed by atoms with E-state index in [9.17, 15) is 10.1 Å². The Morgan fingerprint density at radius 2 is 2.11 bits per heavy atom. The smallest absolute Gasteiger partial charge is 0.342 e. The van der Waals surface area contributed by atoms with Gasteiger partial charge in [0, 0.05) is 18.0 Å². The minimum atomic E-state index is -0.463. The quantitative estimate of drug-likeness (QED) is 0.662. The van der Waals surface area contributed by atoms with Crippen LogP contribution in [-0.2, 0) is 7.05 Å². The third-order valence-corrected chi connectivity index (χ3v) is 2.44. The third kappa shape index (κ3) is 2.54. The van der Waals surface area contributed by atoms with Crippen LogP contribution in [0.25, 0.3) is 6.08 Å². The molecule has 92 valence electrons. The van der Waals surface area contributed by atoms with Gasteiger partial charge in [0.25, 0.3) is 0 Å². The molecular formula is C12H12N4O2. The van der Waals surface area contributed by atoms with Crippen molar-refractivity contribution in [1.29, 1.82) is 0 Å². The predicted octanol–water partition coefficient (Wildman–Crippen LogP) is 2.41. The van der Waals surface area contributed by atoms with E-state index in [4.69, 9.17) is 0 Å². The van der Waals surface area contributed by atoms with Gasteiger partial charge in [-0.25, -0.2) is 9.55 Å². The first-order chi connectivity index (χ1) is 8.68. The summed E-state index contributed by atoms with van der Waals surface area (Å²) >= 11 is 0. The fourth-order valence-corrected chi connectivity index (χ4v) is 1.49. The second-order valence-electron chi connectivity index (χ2n) is 3.63. The molecule has 0 radical (unpaired) electrons. The van der Waals surface area contributed by atoms with Gasteiger partial charge in [-0.05, 0) is 17.1 Å². The number of nitrogens with zero attached hydrogens (tertiary/aromatic N) is 3. The highest BCUT2D eigenvalue weighted by atomic mass is 16.6. The molecule has 2 aromatic rings. The molecule has 0 amide bonds. The van der Waals surface area contributed by atoms with Crippen LogP contribution in [0.2, 0.25) is 0 Å². The number of hydrogen-bond acceptors (Lipinski definition) is 4. The number of benzene rings is 1. The highest BCUT2D eigenvalue weighted by Gasteiger charge is 2.13. The summed E-state index contributed by atoms with van der Waals surface area (Å²) in [6.45, 7) is 0. The Balaban J connectivity index is 2.08. The summed E-state index contributed by atoms with van der Waals surface area (Å²) in [4.78, 5) is 14.1. The Bertz CT molecular complexity index is 575. The minimum absolute atomic E-state index is 0.0330. The van der Waals surface area contributed by atoms with Crippen molar-refractivity contribution in [2.24, 2.45) is 7.05 Å². The van der Waals surface area contributed by atoms with Gasteiger partial charge in [0.1, 0.15) is 6.20 Å². The lowest BCUT2D eigenvalue weighted by Gasteiger charge is -1.98. The molecule has 1 heterocycles. The minimum Gasteiger partial charge on any atom is -0.361 e. The van der Waals surface area contributed by atoms with E-state index in [1.54, 1.807) is 19.3 Å². The molecule has 0 bridgehead atoms. The highest BCUT2D eigenvalue weighted by Crippen LogP contribution is 2.13. The lowest BCUT2D eigenvalue weighted by atomic mass is 10.3. The summed E-state index contributed by atoms with van der Waals surface area (Å²) in [7, 11) is 1.60. The van der Waals surface area contributed by atoms with Crippen LogP contribution in [0.5, 0.6) is 0 Å². The van der Waals surface area contributed by atoms with Crippen molar-refractivity contribution in [2.45, 2.75) is 0 Å². The van der Waals surface area contributed by atoms with Crippen LogP contribution in [0.15, 0.2) is 42.7 Å². The number of nitrogens with one attached hydrogen (secondary N) is 1. The van der Waals surface area contributed by atoms with E-state index in [2.05, 4.69) is 10.3 Å². The van der Waals surface area contributed by atoms with E-state index in [0.717, 1.165) is 5.69 Å². The number of para-hydroxylation sites is 1. The van der Waals surface area contributed by atoms with Gasteiger partial charge in [0.2, 0.25) is 5.82 Å². The van der Waals surface area contributed by atoms with Crippen LogP contribution in [-0.4, -0.2) is 14.5 Å². The van der Waals surface area contributed by atoms with E-state index in [1.807, 2.05) is 30.3 Å². The van der Waals surface area contributed by atoms with Gasteiger partial charge >= 0.3 is 5.82 Å². The molecule has 0 aliphatic heterocycles. The molecular weight excluding hydrogens is 232 g/mol. The summed E-state index contributed by atoms with van der Waals surface area (Å²) in [5, 5.41) is 13.7. The van der Waals surface area contributed by atoms with E-state index >= 15 is 0 Å². The molecule has 0 aliphatic rings. The molecule has 0 spiro atoms. The van der Waals surface area contributed by atoms with Crippen molar-refractivity contribution in [2.75, 3.05) is 5.32 Å². The van der Waals surface area contributed by atoms with Crippen molar-refractivity contribution >= 4 is 17.6 Å². The maximum Gasteiger partial charge on any atom is 0.342 e. The number of hydrogen-bond donors (Lipinski definition) is 1. The van der Waals surface area contributed by atoms with Gasteiger partial charge in [-0.1, -0.05) is 18.2 Å². The Morgan fingerprint density at radius 1 is 1.39 bits per heavy atom. The first-order valence-corrected chi connectivity index (χ1v) is 5.33. The Morgan fingerprint density at radius 3 is 2.72 bits per heavy atom. The molecule has 6 nitrogen and oxygen atoms in total. The third-order valence-electron chi connectivity index (χ3n) is 2.44. The molecule has 0 fully saturated rings. The summed E-state index contributed by atoms with van der Waals surface area (Å²) in [5.74, 6) is 0.486. The normalized spacial score (nSPS) is 10.7. The Kier molecular flexibility index (Phi) is 3.38. The van der Waals surface area contributed by atoms with Gasteiger partial charge < -0.3 is 15.4 Å². The molecule has 1 aromatic carbocycles. The van der Waals surface area contributed by atoms with E-state index in [-0.39, 0.29) is 5.82 Å². The van der Waals surface area contributed by atoms with Gasteiger partial charge in [0.05, 0.1) is 7.05 Å². The molecule has 6 heteroatoms. The summed E-state index contributed by atoms with van der Waals surface area (Å²) in [5.41, 5.74) is 0.942. The molecule has 18 heavy (non-hydrogen) atoms. The summed E-state index contributed by atoms with van der Waals surface area (Å²) in [6, 6.07) is 9.61. The van der Waals surface area contributed by atoms with Gasteiger partial charge in [-0.3, -0.25) is 0 Å². The molecule has 0 aliphatic carbocycles. The van der Waals surface area contributed by atoms with Crippen LogP contribution in [0.4, 0.5) is 11.5 Å². The first kappa shape index (κ1) is 11.8. The van der Waals surface area contributed by atoms with Crippen LogP contribution in [0, 0.1) is 10.1 Å². The lowest BCUT2D eigenvalue weighted by Crippen LogP contribution is -1.98. The number of aromatic nitrogens is 2. The Labute approximate surface area is 104 Å². The number of rotatable bonds is 4. The van der Waals surface area contributed by atoms with Crippen LogP contribution in [0.3, 0.4) is 0 Å². The predicted molar refractivity (Wildman–Crippen MR) is 69.0 cm³/mol. The van der Waals surface area contributed by atoms with Gasteiger partial charge in [-0.2, -0.15) is 0 Å². The highest BCUT2D eigenvalue weighted by molar-refractivity contribution is 5.52. The monoisotopic (exact) mass is 244 g/mol. The number of imidazole rings is 1. The lowest BCUT2D eigenvalue weighted by molar-refractivity contribution is -0.391. The largest absolute Gasteiger partial charge is 0.361 e. The zero-order valence-corrected chi connectivity index (χ0v) is 9.78. The second-order valence-corrected chi connectivity index (χ2v) is 3.63. The molecule has 1 N–H and O–H groups in total. The molecule has 0 unspecified atom stereocenters. The SMILES string of the molecule is Cn1c([N+](=O)[O-])cnc1/C=C/Nc1ccccc1. The average molecular weight is 244 g/mol. The molecule has 0 saturated carbocycles. The van der Waals surface area contributed by atoms with Crippen molar-refractivity contribution in [3.8, 4) is 0 Å². The molecule has 0 atom stereocenters. The zero-order valence-electron chi connectivity index (χ0n) is 9.78. The van der Waals surface area contributed by atoms with E-state index in [1.165, 1.54) is 10.8 Å². The van der Waals surface area contributed by atoms with Crippen molar-refractivity contribution in [1.82, 2.24) is 9.55 Å². The maximum absolute atomic E-state index is 10.6. The fraction of sp³-hybridized carbons (Fsp3) is 0.0833. The summed E-state index contributed by atoms with van der Waals surface area (Å²) in [6.07, 6.45) is 4.61. The molecule has 2 rings (SSSR count). The first-order valence-electron chi connectivity index (χ1n) is 5.33. The Hall–Kier alpha value is -2.63. The summed E-state index contributed by atoms with van der Waals surface area (Å²) < 4.78 is 1.42. The molecule has 1 aromatic heterocycles. The number of nitro groups is 1. The van der Waals surface area contributed by atoms with Gasteiger partial charge in [0.15, 0.2) is 0 Å². The second kappa shape index (κ2) is 5.13. The van der Waals surface area contributed by atoms with Crippen molar-refractivity contribution < 1.29 is 4.92 Å². The standard InChI is InChI=1S/C12H12N4O2/c1-15-11(14-9-12(15)16(17)18)7-8-13-10-5-3-2-4-6-10/h2-9,13H,1H3/b8-7+. The molecule has 0 saturated heterocycles. The average Bonchev–Trinajstić information content (AvgIpc) is 2.73. The van der Waals surface area contributed by atoms with Crippen LogP contribution < -0.4 is 5.32 Å². The number of anilines is 1. The van der Waals surface area contributed by atoms with Crippen LogP contribution >= 0.6 is 0 Å². The maximum atomic E-state index is 10.6. The van der Waals surface area contributed by atoms with E-state index in [0.29, 0.717) is 5.82 Å². The topological polar surface area (TPSA) is 73.0 Å². The van der Waals surface area contributed by atoms with Crippen molar-refractivity contribution in [3.05, 3.63) is 58.7 Å². The van der Waals surface area contributed by atoms with Crippen LogP contribution in [0.1, 0.15) is 5.82 Å². The fourth-order valence-electron chi connectivity index (χ4n) is 1.49. The van der Waals surface area contributed by atoms with Crippen molar-refractivity contribution in [3.63, 3.8) is 0 Å². The van der Waals surface area contributed by atoms with Gasteiger partial charge in [-0.15, -0.1) is 0 Å².